The van der Waals surface area contributed by atoms with Gasteiger partial charge in [0.15, 0.2) is 0 Å². The maximum absolute atomic E-state index is 14.2. The van der Waals surface area contributed by atoms with Crippen LogP contribution in [0.1, 0.15) is 52.3 Å². The maximum Gasteiger partial charge on any atom is 0.355 e. The Morgan fingerprint density at radius 1 is 1.22 bits per heavy atom. The van der Waals surface area contributed by atoms with Gasteiger partial charge in [0.05, 0.1) is 31.4 Å². The van der Waals surface area contributed by atoms with Crippen molar-refractivity contribution in [1.29, 1.82) is 0 Å². The maximum atomic E-state index is 14.2. The number of morpholine rings is 1. The van der Waals surface area contributed by atoms with Gasteiger partial charge in [0, 0.05) is 37.4 Å². The van der Waals surface area contributed by atoms with Gasteiger partial charge in [0.1, 0.15) is 17.3 Å². The van der Waals surface area contributed by atoms with Gasteiger partial charge >= 0.3 is 5.97 Å². The second-order valence-corrected chi connectivity index (χ2v) is 9.20. The van der Waals surface area contributed by atoms with Crippen LogP contribution in [-0.4, -0.2) is 83.5 Å². The summed E-state index contributed by atoms with van der Waals surface area (Å²) in [6, 6.07) is 4.70. The van der Waals surface area contributed by atoms with E-state index < -0.39 is 35.3 Å². The average Bonchev–Trinajstić information content (AvgIpc) is 3.32. The third-order valence-electron chi connectivity index (χ3n) is 6.84. The number of carbonyl (C=O) groups excluding carboxylic acids is 3. The van der Waals surface area contributed by atoms with Crippen LogP contribution in [0.15, 0.2) is 29.8 Å². The topological polar surface area (TPSA) is 112 Å². The molecule has 2 aliphatic rings. The van der Waals surface area contributed by atoms with Gasteiger partial charge in [-0.2, -0.15) is 0 Å². The van der Waals surface area contributed by atoms with Crippen molar-refractivity contribution >= 4 is 23.4 Å². The number of ether oxygens (including phenoxy) is 2. The predicted molar refractivity (Wildman–Crippen MR) is 134 cm³/mol. The predicted octanol–water partition coefficient (Wildman–Crippen LogP) is 3.09. The Bertz CT molecular complexity index is 1230. The average molecular weight is 514 g/mol. The number of aliphatic hydroxyl groups excluding tert-OH is 1. The van der Waals surface area contributed by atoms with Crippen LogP contribution in [0.4, 0.5) is 4.39 Å². The monoisotopic (exact) mass is 513 g/mol. The summed E-state index contributed by atoms with van der Waals surface area (Å²) in [5, 5.41) is 11.4. The largest absolute Gasteiger partial charge is 0.507 e. The lowest BCUT2D eigenvalue weighted by Gasteiger charge is -2.29. The fraction of sp³-hybridized carbons (Fsp3) is 0.444. The minimum absolute atomic E-state index is 0.136. The molecule has 4 rings (SSSR count). The lowest BCUT2D eigenvalue weighted by Crippen LogP contribution is -2.39. The number of nitrogens with one attached hydrogen (secondary N) is 1. The molecule has 0 radical (unpaired) electrons. The van der Waals surface area contributed by atoms with E-state index in [-0.39, 0.29) is 30.0 Å². The second kappa shape index (κ2) is 11.3. The van der Waals surface area contributed by atoms with E-state index in [9.17, 15) is 23.9 Å². The third kappa shape index (κ3) is 5.30. The van der Waals surface area contributed by atoms with E-state index in [0.29, 0.717) is 43.0 Å². The van der Waals surface area contributed by atoms with Crippen LogP contribution in [0.2, 0.25) is 0 Å². The van der Waals surface area contributed by atoms with Gasteiger partial charge < -0.3 is 24.5 Å². The van der Waals surface area contributed by atoms with Gasteiger partial charge in [0.25, 0.3) is 11.7 Å². The number of aliphatic hydroxyl groups is 1. The zero-order valence-electron chi connectivity index (χ0n) is 21.3. The van der Waals surface area contributed by atoms with Crippen molar-refractivity contribution in [3.8, 4) is 0 Å². The van der Waals surface area contributed by atoms with Crippen molar-refractivity contribution in [2.75, 3.05) is 46.0 Å². The molecule has 0 saturated carbocycles. The first-order valence-electron chi connectivity index (χ1n) is 12.4. The van der Waals surface area contributed by atoms with Gasteiger partial charge in [-0.25, -0.2) is 9.18 Å². The van der Waals surface area contributed by atoms with Crippen LogP contribution in [0, 0.1) is 19.7 Å². The van der Waals surface area contributed by atoms with Crippen LogP contribution < -0.4 is 0 Å². The van der Waals surface area contributed by atoms with Crippen molar-refractivity contribution in [3.63, 3.8) is 0 Å². The minimum Gasteiger partial charge on any atom is -0.507 e. The second-order valence-electron chi connectivity index (χ2n) is 9.20. The number of carbonyl (C=O) groups is 3. The lowest BCUT2D eigenvalue weighted by atomic mass is 9.94. The number of nitrogens with zero attached hydrogens (tertiary/aromatic N) is 2. The van der Waals surface area contributed by atoms with E-state index in [2.05, 4.69) is 9.88 Å². The molecule has 2 saturated heterocycles. The van der Waals surface area contributed by atoms with Crippen molar-refractivity contribution in [3.05, 3.63) is 63.7 Å². The molecule has 0 aliphatic carbocycles. The molecule has 9 nitrogen and oxygen atoms in total. The quantitative estimate of drug-likeness (QED) is 0.241. The summed E-state index contributed by atoms with van der Waals surface area (Å²) in [7, 11) is 0. The molecule has 2 fully saturated rings. The van der Waals surface area contributed by atoms with Crippen molar-refractivity contribution in [2.24, 2.45) is 0 Å². The van der Waals surface area contributed by atoms with Crippen molar-refractivity contribution in [1.82, 2.24) is 14.8 Å². The van der Waals surface area contributed by atoms with E-state index in [1.165, 1.54) is 23.1 Å². The molecular weight excluding hydrogens is 481 g/mol. The first-order chi connectivity index (χ1) is 17.7. The van der Waals surface area contributed by atoms with Crippen LogP contribution in [0.5, 0.6) is 0 Å². The zero-order chi connectivity index (χ0) is 26.7. The Balaban J connectivity index is 1.74. The number of esters is 1. The molecule has 0 bridgehead atoms. The van der Waals surface area contributed by atoms with E-state index >= 15 is 0 Å². The SMILES string of the molecule is CCOC(=O)c1[nH]c(C)c(/C(O)=C2/C(=O)C(=O)N(CCCN3CCOCC3)C2c2cccc(F)c2)c1C. The number of aryl methyl sites for hydroxylation is 1. The van der Waals surface area contributed by atoms with Crippen molar-refractivity contribution in [2.45, 2.75) is 33.2 Å². The lowest BCUT2D eigenvalue weighted by molar-refractivity contribution is -0.140. The Labute approximate surface area is 214 Å². The summed E-state index contributed by atoms with van der Waals surface area (Å²) in [5.41, 5.74) is 1.48. The van der Waals surface area contributed by atoms with Gasteiger partial charge in [0.2, 0.25) is 0 Å². The summed E-state index contributed by atoms with van der Waals surface area (Å²) >= 11 is 0. The summed E-state index contributed by atoms with van der Waals surface area (Å²) in [5.74, 6) is -3.13. The highest BCUT2D eigenvalue weighted by molar-refractivity contribution is 6.46. The molecule has 37 heavy (non-hydrogen) atoms. The van der Waals surface area contributed by atoms with Crippen LogP contribution in [-0.2, 0) is 19.1 Å². The molecule has 2 N–H and O–H groups in total. The number of halogens is 1. The molecule has 1 atom stereocenters. The minimum atomic E-state index is -0.972. The number of hydrogen-bond donors (Lipinski definition) is 2. The number of rotatable bonds is 8. The molecule has 2 aliphatic heterocycles. The number of aromatic amines is 1. The summed E-state index contributed by atoms with van der Waals surface area (Å²) in [4.78, 5) is 45.4. The molecule has 1 unspecified atom stereocenters. The standard InChI is InChI=1S/C27H32FN3O6/c1-4-37-27(35)22-16(2)20(17(3)29-22)24(32)21-23(18-7-5-8-19(28)15-18)31(26(34)25(21)33)10-6-9-30-11-13-36-14-12-30/h5,7-8,15,23,29,32H,4,6,9-14H2,1-3H3/b24-21-. The van der Waals surface area contributed by atoms with E-state index in [1.54, 1.807) is 26.8 Å². The first kappa shape index (κ1) is 26.6. The van der Waals surface area contributed by atoms with E-state index in [0.717, 1.165) is 13.1 Å². The van der Waals surface area contributed by atoms with Gasteiger partial charge in [-0.3, -0.25) is 14.5 Å². The number of H-pyrrole nitrogens is 1. The summed E-state index contributed by atoms with van der Waals surface area (Å²) < 4.78 is 24.7. The van der Waals surface area contributed by atoms with E-state index in [4.69, 9.17) is 9.47 Å². The molecule has 198 valence electrons. The highest BCUT2D eigenvalue weighted by atomic mass is 19.1. The normalized spacial score (nSPS) is 20.0. The third-order valence-corrected chi connectivity index (χ3v) is 6.84. The Hall–Kier alpha value is -3.50. The molecule has 1 amide bonds. The Kier molecular flexibility index (Phi) is 8.09. The molecule has 1 aromatic carbocycles. The fourth-order valence-electron chi connectivity index (χ4n) is 5.07. The molecule has 0 spiro atoms. The Morgan fingerprint density at radius 3 is 2.62 bits per heavy atom. The number of Topliss-reactive ketones (excluding diaryl/α,β-unsaturated/α-hetero) is 1. The van der Waals surface area contributed by atoms with Crippen molar-refractivity contribution < 1.29 is 33.4 Å². The number of aromatic nitrogens is 1. The zero-order valence-corrected chi connectivity index (χ0v) is 21.3. The number of ketones is 1. The molecular formula is C27H32FN3O6. The van der Waals surface area contributed by atoms with Crippen LogP contribution >= 0.6 is 0 Å². The number of hydrogen-bond acceptors (Lipinski definition) is 7. The molecule has 10 heteroatoms. The van der Waals surface area contributed by atoms with Crippen LogP contribution in [0.3, 0.4) is 0 Å². The number of likely N-dealkylation sites (tertiary alicyclic amines) is 1. The smallest absolute Gasteiger partial charge is 0.355 e. The Morgan fingerprint density at radius 2 is 1.95 bits per heavy atom. The fourth-order valence-corrected chi connectivity index (χ4v) is 5.07. The van der Waals surface area contributed by atoms with Crippen LogP contribution in [0.25, 0.3) is 5.76 Å². The molecule has 2 aromatic rings. The molecule has 3 heterocycles. The van der Waals surface area contributed by atoms with Gasteiger partial charge in [-0.15, -0.1) is 0 Å². The van der Waals surface area contributed by atoms with Gasteiger partial charge in [-0.05, 0) is 50.5 Å². The first-order valence-corrected chi connectivity index (χ1v) is 12.4. The summed E-state index contributed by atoms with van der Waals surface area (Å²) in [6.45, 7) is 8.98. The highest BCUT2D eigenvalue weighted by Gasteiger charge is 2.46. The summed E-state index contributed by atoms with van der Waals surface area (Å²) in [6.07, 6.45) is 0.591. The number of benzene rings is 1. The highest BCUT2D eigenvalue weighted by Crippen LogP contribution is 2.41. The van der Waals surface area contributed by atoms with Gasteiger partial charge in [-0.1, -0.05) is 12.1 Å². The number of amides is 1. The van der Waals surface area contributed by atoms with E-state index in [1.807, 2.05) is 0 Å². The molecule has 1 aromatic heterocycles.